The fraction of sp³-hybridized carbons (Fsp3) is 0.389. The van der Waals surface area contributed by atoms with Crippen LogP contribution in [-0.2, 0) is 23.1 Å². The molecule has 0 atom stereocenters. The molecule has 2 heterocycles. The van der Waals surface area contributed by atoms with Crippen molar-refractivity contribution in [2.24, 2.45) is 4.99 Å². The highest BCUT2D eigenvalue weighted by Gasteiger charge is 2.26. The maximum Gasteiger partial charge on any atom is 0.243 e. The second-order valence-electron chi connectivity index (χ2n) is 6.11. The summed E-state index contributed by atoms with van der Waals surface area (Å²) >= 11 is 1.70. The second kappa shape index (κ2) is 8.66. The summed E-state index contributed by atoms with van der Waals surface area (Å²) in [4.78, 5) is 5.81. The van der Waals surface area contributed by atoms with E-state index in [1.165, 1.54) is 4.88 Å². The molecule has 2 aromatic rings. The predicted octanol–water partition coefficient (Wildman–Crippen LogP) is 2.40. The summed E-state index contributed by atoms with van der Waals surface area (Å²) in [6.45, 7) is 2.55. The molecule has 8 heteroatoms. The van der Waals surface area contributed by atoms with Crippen molar-refractivity contribution < 1.29 is 8.42 Å². The van der Waals surface area contributed by atoms with Crippen molar-refractivity contribution in [3.63, 3.8) is 0 Å². The van der Waals surface area contributed by atoms with Crippen LogP contribution >= 0.6 is 11.3 Å². The molecule has 0 saturated carbocycles. The van der Waals surface area contributed by atoms with Crippen LogP contribution in [0.25, 0.3) is 0 Å². The zero-order valence-electron chi connectivity index (χ0n) is 14.8. The Hall–Kier alpha value is -1.90. The highest BCUT2D eigenvalue weighted by atomic mass is 32.2. The Labute approximate surface area is 159 Å². The number of hydrogen-bond donors (Lipinski definition) is 2. The summed E-state index contributed by atoms with van der Waals surface area (Å²) in [5, 5.41) is 8.55. The maximum absolute atomic E-state index is 12.5. The highest BCUT2D eigenvalue weighted by Crippen LogP contribution is 2.21. The lowest BCUT2D eigenvalue weighted by molar-refractivity contribution is 0.477. The Morgan fingerprint density at radius 1 is 1.12 bits per heavy atom. The third-order valence-corrected chi connectivity index (χ3v) is 7.11. The number of benzene rings is 1. The lowest BCUT2D eigenvalue weighted by Gasteiger charge is -2.16. The molecule has 0 spiro atoms. The molecule has 0 radical (unpaired) electrons. The molecule has 0 amide bonds. The summed E-state index contributed by atoms with van der Waals surface area (Å²) in [6, 6.07) is 11.2. The molecule has 26 heavy (non-hydrogen) atoms. The smallest absolute Gasteiger partial charge is 0.243 e. The van der Waals surface area contributed by atoms with E-state index in [0.717, 1.165) is 24.9 Å². The largest absolute Gasteiger partial charge is 0.352 e. The van der Waals surface area contributed by atoms with E-state index in [0.29, 0.717) is 30.5 Å². The maximum atomic E-state index is 12.5. The number of sulfonamides is 1. The Bertz CT molecular complexity index is 825. The van der Waals surface area contributed by atoms with Gasteiger partial charge in [0, 0.05) is 31.6 Å². The average molecular weight is 393 g/mol. The standard InChI is InChI=1S/C18H24N4O2S2/c1-19-18(21-14-16-5-4-12-25-16)20-13-15-6-8-17(9-7-15)26(23,24)22-10-2-3-11-22/h4-9,12H,2-3,10-11,13-14H2,1H3,(H2,19,20,21). The first-order chi connectivity index (χ1) is 12.6. The summed E-state index contributed by atoms with van der Waals surface area (Å²) in [5.74, 6) is 0.715. The molecule has 1 aliphatic heterocycles. The Balaban J connectivity index is 1.55. The highest BCUT2D eigenvalue weighted by molar-refractivity contribution is 7.89. The van der Waals surface area contributed by atoms with Gasteiger partial charge in [-0.25, -0.2) is 8.42 Å². The lowest BCUT2D eigenvalue weighted by Crippen LogP contribution is -2.36. The number of guanidine groups is 1. The third-order valence-electron chi connectivity index (χ3n) is 4.32. The quantitative estimate of drug-likeness (QED) is 0.585. The van der Waals surface area contributed by atoms with E-state index >= 15 is 0 Å². The van der Waals surface area contributed by atoms with Crippen molar-refractivity contribution in [2.45, 2.75) is 30.8 Å². The van der Waals surface area contributed by atoms with E-state index in [9.17, 15) is 8.42 Å². The van der Waals surface area contributed by atoms with E-state index in [1.54, 1.807) is 34.8 Å². The van der Waals surface area contributed by atoms with Gasteiger partial charge in [0.15, 0.2) is 5.96 Å². The van der Waals surface area contributed by atoms with Crippen molar-refractivity contribution in [2.75, 3.05) is 20.1 Å². The molecule has 0 bridgehead atoms. The molecule has 140 valence electrons. The van der Waals surface area contributed by atoms with Crippen molar-refractivity contribution in [1.29, 1.82) is 0 Å². The van der Waals surface area contributed by atoms with Gasteiger partial charge in [-0.3, -0.25) is 4.99 Å². The van der Waals surface area contributed by atoms with E-state index in [-0.39, 0.29) is 0 Å². The fourth-order valence-electron chi connectivity index (χ4n) is 2.85. The number of aliphatic imine (C=N–C) groups is 1. The first-order valence-electron chi connectivity index (χ1n) is 8.65. The number of nitrogens with zero attached hydrogens (tertiary/aromatic N) is 2. The Morgan fingerprint density at radius 3 is 2.42 bits per heavy atom. The van der Waals surface area contributed by atoms with Gasteiger partial charge in [0.25, 0.3) is 0 Å². The molecule has 2 N–H and O–H groups in total. The first kappa shape index (κ1) is 18.9. The summed E-state index contributed by atoms with van der Waals surface area (Å²) in [5.41, 5.74) is 1.00. The predicted molar refractivity (Wildman–Crippen MR) is 106 cm³/mol. The fourth-order valence-corrected chi connectivity index (χ4v) is 5.01. The van der Waals surface area contributed by atoms with Gasteiger partial charge in [0.1, 0.15) is 0 Å². The van der Waals surface area contributed by atoms with Crippen molar-refractivity contribution in [3.05, 3.63) is 52.2 Å². The monoisotopic (exact) mass is 392 g/mol. The Morgan fingerprint density at radius 2 is 1.81 bits per heavy atom. The van der Waals surface area contributed by atoms with Crippen molar-refractivity contribution in [1.82, 2.24) is 14.9 Å². The average Bonchev–Trinajstić information content (AvgIpc) is 3.36. The molecule has 1 saturated heterocycles. The van der Waals surface area contributed by atoms with Gasteiger partial charge in [0.05, 0.1) is 11.4 Å². The van der Waals surface area contributed by atoms with Gasteiger partial charge in [0.2, 0.25) is 10.0 Å². The van der Waals surface area contributed by atoms with Crippen LogP contribution in [0.1, 0.15) is 23.3 Å². The van der Waals surface area contributed by atoms with Gasteiger partial charge in [-0.05, 0) is 42.0 Å². The molecular formula is C18H24N4O2S2. The minimum atomic E-state index is -3.35. The zero-order valence-corrected chi connectivity index (χ0v) is 16.4. The molecule has 0 aliphatic carbocycles. The summed E-state index contributed by atoms with van der Waals surface area (Å²) < 4.78 is 26.6. The van der Waals surface area contributed by atoms with Crippen LogP contribution in [-0.4, -0.2) is 38.8 Å². The minimum Gasteiger partial charge on any atom is -0.352 e. The van der Waals surface area contributed by atoms with Crippen molar-refractivity contribution in [3.8, 4) is 0 Å². The Kier molecular flexibility index (Phi) is 6.29. The molecule has 1 aromatic carbocycles. The van der Waals surface area contributed by atoms with Crippen LogP contribution in [0.3, 0.4) is 0 Å². The van der Waals surface area contributed by atoms with E-state index in [2.05, 4.69) is 21.7 Å². The summed E-state index contributed by atoms with van der Waals surface area (Å²) in [6.07, 6.45) is 1.89. The number of nitrogens with one attached hydrogen (secondary N) is 2. The normalized spacial score (nSPS) is 16.0. The van der Waals surface area contributed by atoms with Gasteiger partial charge in [-0.2, -0.15) is 4.31 Å². The zero-order chi connectivity index (χ0) is 18.4. The minimum absolute atomic E-state index is 0.364. The number of hydrogen-bond acceptors (Lipinski definition) is 4. The molecular weight excluding hydrogens is 368 g/mol. The van der Waals surface area contributed by atoms with Gasteiger partial charge >= 0.3 is 0 Å². The number of thiophene rings is 1. The van der Waals surface area contributed by atoms with Crippen molar-refractivity contribution >= 4 is 27.3 Å². The van der Waals surface area contributed by atoms with Crippen LogP contribution in [0.2, 0.25) is 0 Å². The van der Waals surface area contributed by atoms with Gasteiger partial charge in [-0.15, -0.1) is 11.3 Å². The van der Waals surface area contributed by atoms with E-state index < -0.39 is 10.0 Å². The van der Waals surface area contributed by atoms with E-state index in [4.69, 9.17) is 0 Å². The topological polar surface area (TPSA) is 73.8 Å². The second-order valence-corrected chi connectivity index (χ2v) is 9.08. The molecule has 0 unspecified atom stereocenters. The SMILES string of the molecule is CN=C(NCc1ccc(S(=O)(=O)N2CCCC2)cc1)NCc1cccs1. The molecule has 1 aliphatic rings. The van der Waals surface area contributed by atoms with Crippen LogP contribution in [0, 0.1) is 0 Å². The van der Waals surface area contributed by atoms with Crippen LogP contribution < -0.4 is 10.6 Å². The lowest BCUT2D eigenvalue weighted by atomic mass is 10.2. The number of rotatable bonds is 6. The summed E-state index contributed by atoms with van der Waals surface area (Å²) in [7, 11) is -1.62. The van der Waals surface area contributed by atoms with Crippen LogP contribution in [0.15, 0.2) is 51.7 Å². The first-order valence-corrected chi connectivity index (χ1v) is 11.0. The van der Waals surface area contributed by atoms with Crippen LogP contribution in [0.4, 0.5) is 0 Å². The molecule has 1 aromatic heterocycles. The van der Waals surface area contributed by atoms with Gasteiger partial charge < -0.3 is 10.6 Å². The third kappa shape index (κ3) is 4.63. The molecule has 3 rings (SSSR count). The van der Waals surface area contributed by atoms with Gasteiger partial charge in [-0.1, -0.05) is 18.2 Å². The molecule has 6 nitrogen and oxygen atoms in total. The van der Waals surface area contributed by atoms with Crippen LogP contribution in [0.5, 0.6) is 0 Å². The molecule has 1 fully saturated rings. The van der Waals surface area contributed by atoms with E-state index in [1.807, 2.05) is 23.6 Å².